The molecule has 0 aromatic heterocycles. The minimum Gasteiger partial charge on any atom is -0.391 e. The molecule has 1 aliphatic rings. The second-order valence-electron chi connectivity index (χ2n) is 5.50. The number of hydrogen-bond donors (Lipinski definition) is 3. The zero-order chi connectivity index (χ0) is 13.8. The summed E-state index contributed by atoms with van der Waals surface area (Å²) in [6, 6.07) is 8.06. The highest BCUT2D eigenvalue weighted by Gasteiger charge is 2.24. The molecule has 104 valence electrons. The molecule has 4 heteroatoms. The predicted molar refractivity (Wildman–Crippen MR) is 76.0 cm³/mol. The Morgan fingerprint density at radius 1 is 1.47 bits per heavy atom. The normalized spacial score (nSPS) is 19.5. The topological polar surface area (TPSA) is 61.4 Å². The van der Waals surface area contributed by atoms with Gasteiger partial charge in [-0.05, 0) is 24.0 Å². The van der Waals surface area contributed by atoms with Gasteiger partial charge in [0.1, 0.15) is 0 Å². The van der Waals surface area contributed by atoms with Crippen LogP contribution < -0.4 is 10.6 Å². The van der Waals surface area contributed by atoms with E-state index < -0.39 is 6.10 Å². The molecule has 3 N–H and O–H groups in total. The Hall–Kier alpha value is -1.55. The van der Waals surface area contributed by atoms with Gasteiger partial charge in [0, 0.05) is 18.8 Å². The van der Waals surface area contributed by atoms with Crippen molar-refractivity contribution >= 4 is 11.6 Å². The lowest BCUT2D eigenvalue weighted by Gasteiger charge is -2.26. The van der Waals surface area contributed by atoms with Gasteiger partial charge in [0.2, 0.25) is 5.91 Å². The van der Waals surface area contributed by atoms with Gasteiger partial charge in [0.15, 0.2) is 0 Å². The summed E-state index contributed by atoms with van der Waals surface area (Å²) in [5.41, 5.74) is 2.30. The van der Waals surface area contributed by atoms with E-state index in [4.69, 9.17) is 0 Å². The van der Waals surface area contributed by atoms with Gasteiger partial charge in [-0.2, -0.15) is 0 Å². The van der Waals surface area contributed by atoms with Crippen LogP contribution in [0.25, 0.3) is 0 Å². The van der Waals surface area contributed by atoms with Crippen molar-refractivity contribution in [3.05, 3.63) is 29.8 Å². The van der Waals surface area contributed by atoms with Gasteiger partial charge in [0.05, 0.1) is 12.0 Å². The third-order valence-electron chi connectivity index (χ3n) is 3.65. The van der Waals surface area contributed by atoms with Crippen LogP contribution in [0, 0.1) is 11.8 Å². The summed E-state index contributed by atoms with van der Waals surface area (Å²) in [5.74, 6) is 0.112. The van der Waals surface area contributed by atoms with Crippen LogP contribution in [-0.2, 0) is 11.2 Å². The highest BCUT2D eigenvalue weighted by Crippen LogP contribution is 2.24. The Balaban J connectivity index is 1.89. The highest BCUT2D eigenvalue weighted by atomic mass is 16.3. The largest absolute Gasteiger partial charge is 0.391 e. The van der Waals surface area contributed by atoms with E-state index in [9.17, 15) is 9.90 Å². The van der Waals surface area contributed by atoms with Crippen molar-refractivity contribution in [2.75, 3.05) is 18.4 Å². The van der Waals surface area contributed by atoms with Gasteiger partial charge in [-0.25, -0.2) is 0 Å². The van der Waals surface area contributed by atoms with Gasteiger partial charge in [0.25, 0.3) is 0 Å². The summed E-state index contributed by atoms with van der Waals surface area (Å²) >= 11 is 0. The standard InChI is InChI=1S/C15H22N2O2/c1-10(2)14(18)9-17-15(19)12-7-11-5-3-4-6-13(11)16-8-12/h3-6,10,12,14,16,18H,7-9H2,1-2H3,(H,17,19). The fourth-order valence-corrected chi connectivity index (χ4v) is 2.21. The molecule has 2 atom stereocenters. The second kappa shape index (κ2) is 6.06. The van der Waals surface area contributed by atoms with Crippen LogP contribution in [-0.4, -0.2) is 30.2 Å². The van der Waals surface area contributed by atoms with Crippen molar-refractivity contribution in [2.24, 2.45) is 11.8 Å². The van der Waals surface area contributed by atoms with Gasteiger partial charge < -0.3 is 15.7 Å². The van der Waals surface area contributed by atoms with E-state index in [-0.39, 0.29) is 17.7 Å². The maximum Gasteiger partial charge on any atom is 0.225 e. The van der Waals surface area contributed by atoms with Crippen molar-refractivity contribution < 1.29 is 9.90 Å². The minimum atomic E-state index is -0.479. The molecular formula is C15H22N2O2. The average molecular weight is 262 g/mol. The molecule has 4 nitrogen and oxygen atoms in total. The van der Waals surface area contributed by atoms with Crippen LogP contribution in [0.15, 0.2) is 24.3 Å². The number of aliphatic hydroxyl groups excluding tert-OH is 1. The summed E-state index contributed by atoms with van der Waals surface area (Å²) in [6.07, 6.45) is 0.278. The third kappa shape index (κ3) is 3.47. The van der Waals surface area contributed by atoms with E-state index in [0.717, 1.165) is 12.1 Å². The number of benzene rings is 1. The van der Waals surface area contributed by atoms with Crippen molar-refractivity contribution in [3.63, 3.8) is 0 Å². The number of amides is 1. The van der Waals surface area contributed by atoms with Crippen LogP contribution >= 0.6 is 0 Å². The van der Waals surface area contributed by atoms with Gasteiger partial charge >= 0.3 is 0 Å². The molecule has 0 radical (unpaired) electrons. The summed E-state index contributed by atoms with van der Waals surface area (Å²) in [7, 11) is 0. The van der Waals surface area contributed by atoms with Gasteiger partial charge in [-0.1, -0.05) is 32.0 Å². The summed E-state index contributed by atoms with van der Waals surface area (Å²) in [5, 5.41) is 15.8. The number of carbonyl (C=O) groups is 1. The number of para-hydroxylation sites is 1. The van der Waals surface area contributed by atoms with Crippen molar-refractivity contribution in [2.45, 2.75) is 26.4 Å². The molecule has 0 spiro atoms. The first-order chi connectivity index (χ1) is 9.08. The monoisotopic (exact) mass is 262 g/mol. The summed E-state index contributed by atoms with van der Waals surface area (Å²) < 4.78 is 0. The Bertz CT molecular complexity index is 446. The van der Waals surface area contributed by atoms with E-state index in [1.54, 1.807) is 0 Å². The number of hydrogen-bond acceptors (Lipinski definition) is 3. The predicted octanol–water partition coefficient (Wildman–Crippen LogP) is 1.40. The molecule has 19 heavy (non-hydrogen) atoms. The summed E-state index contributed by atoms with van der Waals surface area (Å²) in [4.78, 5) is 12.1. The Morgan fingerprint density at radius 3 is 2.95 bits per heavy atom. The van der Waals surface area contributed by atoms with E-state index in [2.05, 4.69) is 10.6 Å². The smallest absolute Gasteiger partial charge is 0.225 e. The van der Waals surface area contributed by atoms with Crippen LogP contribution in [0.5, 0.6) is 0 Å². The highest BCUT2D eigenvalue weighted by molar-refractivity contribution is 5.80. The molecular weight excluding hydrogens is 240 g/mol. The third-order valence-corrected chi connectivity index (χ3v) is 3.65. The maximum absolute atomic E-state index is 12.1. The van der Waals surface area contributed by atoms with Crippen LogP contribution in [0.1, 0.15) is 19.4 Å². The number of aliphatic hydroxyl groups is 1. The molecule has 1 aromatic carbocycles. The Morgan fingerprint density at radius 2 is 2.21 bits per heavy atom. The molecule has 2 rings (SSSR count). The first kappa shape index (κ1) is 13.9. The lowest BCUT2D eigenvalue weighted by atomic mass is 9.93. The zero-order valence-corrected chi connectivity index (χ0v) is 11.5. The zero-order valence-electron chi connectivity index (χ0n) is 11.5. The minimum absolute atomic E-state index is 0.0155. The maximum atomic E-state index is 12.1. The molecule has 0 aliphatic carbocycles. The van der Waals surface area contributed by atoms with E-state index in [0.29, 0.717) is 13.1 Å². The number of carbonyl (C=O) groups excluding carboxylic acids is 1. The number of fused-ring (bicyclic) bond motifs is 1. The van der Waals surface area contributed by atoms with Gasteiger partial charge in [-0.3, -0.25) is 4.79 Å². The van der Waals surface area contributed by atoms with Crippen LogP contribution in [0.4, 0.5) is 5.69 Å². The second-order valence-corrected chi connectivity index (χ2v) is 5.50. The summed E-state index contributed by atoms with van der Waals surface area (Å²) in [6.45, 7) is 4.86. The quantitative estimate of drug-likeness (QED) is 0.768. The van der Waals surface area contributed by atoms with E-state index >= 15 is 0 Å². The van der Waals surface area contributed by atoms with E-state index in [1.807, 2.05) is 38.1 Å². The molecule has 0 saturated heterocycles. The van der Waals surface area contributed by atoms with Crippen molar-refractivity contribution in [1.82, 2.24) is 5.32 Å². The number of anilines is 1. The molecule has 0 saturated carbocycles. The Kier molecular flexibility index (Phi) is 4.43. The first-order valence-corrected chi connectivity index (χ1v) is 6.85. The first-order valence-electron chi connectivity index (χ1n) is 6.85. The molecule has 2 unspecified atom stereocenters. The SMILES string of the molecule is CC(C)C(O)CNC(=O)C1CNc2ccccc2C1. The Labute approximate surface area is 114 Å². The van der Waals surface area contributed by atoms with Crippen LogP contribution in [0.3, 0.4) is 0 Å². The fraction of sp³-hybridized carbons (Fsp3) is 0.533. The number of nitrogens with one attached hydrogen (secondary N) is 2. The van der Waals surface area contributed by atoms with Crippen LogP contribution in [0.2, 0.25) is 0 Å². The molecule has 0 fully saturated rings. The molecule has 1 amide bonds. The molecule has 1 aromatic rings. The van der Waals surface area contributed by atoms with E-state index in [1.165, 1.54) is 5.56 Å². The van der Waals surface area contributed by atoms with Gasteiger partial charge in [-0.15, -0.1) is 0 Å². The van der Waals surface area contributed by atoms with Crippen molar-refractivity contribution in [1.29, 1.82) is 0 Å². The lowest BCUT2D eigenvalue weighted by Crippen LogP contribution is -2.42. The molecule has 1 aliphatic heterocycles. The lowest BCUT2D eigenvalue weighted by molar-refractivity contribution is -0.125. The molecule has 1 heterocycles. The number of rotatable bonds is 4. The van der Waals surface area contributed by atoms with Crippen molar-refractivity contribution in [3.8, 4) is 0 Å². The fourth-order valence-electron chi connectivity index (χ4n) is 2.21. The average Bonchev–Trinajstić information content (AvgIpc) is 2.43. The molecule has 0 bridgehead atoms.